The van der Waals surface area contributed by atoms with Crippen molar-refractivity contribution in [2.75, 3.05) is 0 Å². The Morgan fingerprint density at radius 3 is 2.55 bits per heavy atom. The number of nitrogens with zero attached hydrogens (tertiary/aromatic N) is 2. The third kappa shape index (κ3) is 2.30. The predicted octanol–water partition coefficient (Wildman–Crippen LogP) is 3.03. The molecular formula is C16H15N3S. The second-order valence-electron chi connectivity index (χ2n) is 4.80. The lowest BCUT2D eigenvalue weighted by Crippen LogP contribution is -2.09. The molecule has 0 saturated carbocycles. The van der Waals surface area contributed by atoms with Crippen molar-refractivity contribution in [2.24, 2.45) is 5.73 Å². The summed E-state index contributed by atoms with van der Waals surface area (Å²) in [6.45, 7) is 2.83. The Labute approximate surface area is 123 Å². The van der Waals surface area contributed by atoms with E-state index in [4.69, 9.17) is 18.0 Å². The molecule has 0 radical (unpaired) electrons. The van der Waals surface area contributed by atoms with Crippen molar-refractivity contribution >= 4 is 28.2 Å². The van der Waals surface area contributed by atoms with E-state index in [0.717, 1.165) is 29.0 Å². The van der Waals surface area contributed by atoms with Gasteiger partial charge in [-0.2, -0.15) is 0 Å². The van der Waals surface area contributed by atoms with Gasteiger partial charge in [-0.25, -0.2) is 4.98 Å². The number of aromatic nitrogens is 2. The number of fused-ring (bicyclic) bond motifs is 1. The fourth-order valence-corrected chi connectivity index (χ4v) is 2.49. The van der Waals surface area contributed by atoms with Crippen LogP contribution in [0.3, 0.4) is 0 Å². The second-order valence-corrected chi connectivity index (χ2v) is 5.23. The van der Waals surface area contributed by atoms with Crippen LogP contribution < -0.4 is 5.73 Å². The van der Waals surface area contributed by atoms with Gasteiger partial charge in [0, 0.05) is 12.1 Å². The summed E-state index contributed by atoms with van der Waals surface area (Å²) in [4.78, 5) is 5.01. The average Bonchev–Trinajstić information content (AvgIpc) is 2.76. The first kappa shape index (κ1) is 12.8. The molecule has 4 heteroatoms. The first-order chi connectivity index (χ1) is 9.65. The molecule has 1 heterocycles. The summed E-state index contributed by atoms with van der Waals surface area (Å²) in [5, 5.41) is 0. The molecular weight excluding hydrogens is 266 g/mol. The highest BCUT2D eigenvalue weighted by atomic mass is 32.1. The van der Waals surface area contributed by atoms with Crippen LogP contribution in [0.2, 0.25) is 0 Å². The monoisotopic (exact) mass is 281 g/mol. The second kappa shape index (κ2) is 5.06. The number of hydrogen-bond acceptors (Lipinski definition) is 2. The minimum absolute atomic E-state index is 0.431. The standard InChI is InChI=1S/C16H15N3S/c1-11-18-14-4-2-3-5-15(14)19(11)10-12-6-8-13(9-7-12)16(17)20/h2-9H,10H2,1H3,(H2,17,20). The van der Waals surface area contributed by atoms with Crippen molar-refractivity contribution in [1.29, 1.82) is 0 Å². The summed E-state index contributed by atoms with van der Waals surface area (Å²) >= 11 is 4.97. The quantitative estimate of drug-likeness (QED) is 0.750. The van der Waals surface area contributed by atoms with Crippen molar-refractivity contribution in [3.63, 3.8) is 0 Å². The lowest BCUT2D eigenvalue weighted by molar-refractivity contribution is 0.786. The lowest BCUT2D eigenvalue weighted by atomic mass is 10.1. The Morgan fingerprint density at radius 1 is 1.15 bits per heavy atom. The molecule has 2 aromatic carbocycles. The van der Waals surface area contributed by atoms with E-state index >= 15 is 0 Å². The number of benzene rings is 2. The Balaban J connectivity index is 1.96. The smallest absolute Gasteiger partial charge is 0.107 e. The molecule has 2 N–H and O–H groups in total. The van der Waals surface area contributed by atoms with Gasteiger partial charge in [0.15, 0.2) is 0 Å². The zero-order chi connectivity index (χ0) is 14.1. The van der Waals surface area contributed by atoms with E-state index in [1.54, 1.807) is 0 Å². The van der Waals surface area contributed by atoms with Gasteiger partial charge < -0.3 is 10.3 Å². The Bertz CT molecular complexity index is 772. The molecule has 3 aromatic rings. The van der Waals surface area contributed by atoms with Crippen LogP contribution in [0.25, 0.3) is 11.0 Å². The summed E-state index contributed by atoms with van der Waals surface area (Å²) in [6, 6.07) is 16.2. The topological polar surface area (TPSA) is 43.8 Å². The molecule has 0 amide bonds. The normalized spacial score (nSPS) is 10.8. The van der Waals surface area contributed by atoms with E-state index < -0.39 is 0 Å². The molecule has 3 rings (SSSR count). The molecule has 0 aliphatic rings. The molecule has 1 aromatic heterocycles. The number of para-hydroxylation sites is 2. The van der Waals surface area contributed by atoms with Crippen LogP contribution in [0.4, 0.5) is 0 Å². The fourth-order valence-electron chi connectivity index (χ4n) is 2.35. The van der Waals surface area contributed by atoms with Crippen molar-refractivity contribution in [3.05, 3.63) is 65.5 Å². The molecule has 0 atom stereocenters. The minimum atomic E-state index is 0.431. The van der Waals surface area contributed by atoms with E-state index in [1.807, 2.05) is 37.3 Å². The van der Waals surface area contributed by atoms with E-state index in [2.05, 4.69) is 27.8 Å². The van der Waals surface area contributed by atoms with E-state index in [-0.39, 0.29) is 0 Å². The third-order valence-electron chi connectivity index (χ3n) is 3.42. The summed E-state index contributed by atoms with van der Waals surface area (Å²) in [5.41, 5.74) is 9.91. The highest BCUT2D eigenvalue weighted by Gasteiger charge is 2.07. The number of rotatable bonds is 3. The molecule has 3 nitrogen and oxygen atoms in total. The van der Waals surface area contributed by atoms with Gasteiger partial charge in [0.1, 0.15) is 10.8 Å². The number of thiocarbonyl (C=S) groups is 1. The SMILES string of the molecule is Cc1nc2ccccc2n1Cc1ccc(C(N)=S)cc1. The Hall–Kier alpha value is -2.20. The molecule has 0 aliphatic carbocycles. The molecule has 0 aliphatic heterocycles. The molecule has 0 bridgehead atoms. The highest BCUT2D eigenvalue weighted by molar-refractivity contribution is 7.80. The molecule has 100 valence electrons. The van der Waals surface area contributed by atoms with Crippen molar-refractivity contribution in [1.82, 2.24) is 9.55 Å². The van der Waals surface area contributed by atoms with Crippen LogP contribution in [0, 0.1) is 6.92 Å². The number of hydrogen-bond donors (Lipinski definition) is 1. The Morgan fingerprint density at radius 2 is 1.85 bits per heavy atom. The van der Waals surface area contributed by atoms with Gasteiger partial charge in [0.25, 0.3) is 0 Å². The predicted molar refractivity (Wildman–Crippen MR) is 85.9 cm³/mol. The first-order valence-electron chi connectivity index (χ1n) is 6.46. The van der Waals surface area contributed by atoms with Gasteiger partial charge in [-0.15, -0.1) is 0 Å². The van der Waals surface area contributed by atoms with Crippen LogP contribution in [0.5, 0.6) is 0 Å². The van der Waals surface area contributed by atoms with Gasteiger partial charge in [-0.3, -0.25) is 0 Å². The largest absolute Gasteiger partial charge is 0.389 e. The third-order valence-corrected chi connectivity index (χ3v) is 3.66. The van der Waals surface area contributed by atoms with Gasteiger partial charge in [-0.05, 0) is 24.6 Å². The molecule has 20 heavy (non-hydrogen) atoms. The Kier molecular flexibility index (Phi) is 3.24. The van der Waals surface area contributed by atoms with Gasteiger partial charge >= 0.3 is 0 Å². The number of imidazole rings is 1. The molecule has 0 unspecified atom stereocenters. The van der Waals surface area contributed by atoms with Gasteiger partial charge in [0.05, 0.1) is 11.0 Å². The van der Waals surface area contributed by atoms with E-state index in [9.17, 15) is 0 Å². The first-order valence-corrected chi connectivity index (χ1v) is 6.86. The van der Waals surface area contributed by atoms with Gasteiger partial charge in [0.2, 0.25) is 0 Å². The fraction of sp³-hybridized carbons (Fsp3) is 0.125. The zero-order valence-corrected chi connectivity index (χ0v) is 12.0. The summed E-state index contributed by atoms with van der Waals surface area (Å²) < 4.78 is 2.21. The van der Waals surface area contributed by atoms with Crippen molar-refractivity contribution in [2.45, 2.75) is 13.5 Å². The highest BCUT2D eigenvalue weighted by Crippen LogP contribution is 2.17. The maximum Gasteiger partial charge on any atom is 0.107 e. The van der Waals surface area contributed by atoms with Gasteiger partial charge in [-0.1, -0.05) is 48.6 Å². The zero-order valence-electron chi connectivity index (χ0n) is 11.2. The molecule has 0 saturated heterocycles. The van der Waals surface area contributed by atoms with Crippen LogP contribution in [-0.4, -0.2) is 14.5 Å². The maximum atomic E-state index is 5.61. The van der Waals surface area contributed by atoms with Crippen LogP contribution in [0.1, 0.15) is 17.0 Å². The van der Waals surface area contributed by atoms with E-state index in [0.29, 0.717) is 4.99 Å². The summed E-state index contributed by atoms with van der Waals surface area (Å²) in [7, 11) is 0. The van der Waals surface area contributed by atoms with Crippen molar-refractivity contribution in [3.8, 4) is 0 Å². The van der Waals surface area contributed by atoms with E-state index in [1.165, 1.54) is 5.56 Å². The van der Waals surface area contributed by atoms with Crippen LogP contribution in [-0.2, 0) is 6.54 Å². The number of aryl methyl sites for hydroxylation is 1. The maximum absolute atomic E-state index is 5.61. The summed E-state index contributed by atoms with van der Waals surface area (Å²) in [6.07, 6.45) is 0. The number of nitrogens with two attached hydrogens (primary N) is 1. The average molecular weight is 281 g/mol. The minimum Gasteiger partial charge on any atom is -0.389 e. The van der Waals surface area contributed by atoms with Crippen molar-refractivity contribution < 1.29 is 0 Å². The molecule has 0 fully saturated rings. The molecule has 0 spiro atoms. The van der Waals surface area contributed by atoms with Crippen LogP contribution >= 0.6 is 12.2 Å². The van der Waals surface area contributed by atoms with Crippen LogP contribution in [0.15, 0.2) is 48.5 Å². The lowest BCUT2D eigenvalue weighted by Gasteiger charge is -2.08. The summed E-state index contributed by atoms with van der Waals surface area (Å²) in [5.74, 6) is 1.02.